The summed E-state index contributed by atoms with van der Waals surface area (Å²) in [7, 11) is 1.64. The van der Waals surface area contributed by atoms with E-state index in [-0.39, 0.29) is 0 Å². The summed E-state index contributed by atoms with van der Waals surface area (Å²) in [6.45, 7) is 0. The van der Waals surface area contributed by atoms with Gasteiger partial charge in [0.25, 0.3) is 0 Å². The highest BCUT2D eigenvalue weighted by Crippen LogP contribution is 2.26. The van der Waals surface area contributed by atoms with E-state index in [2.05, 4.69) is 20.5 Å². The Morgan fingerprint density at radius 3 is 2.50 bits per heavy atom. The van der Waals surface area contributed by atoms with Gasteiger partial charge >= 0.3 is 0 Å². The molecule has 3 aromatic carbocycles. The Morgan fingerprint density at radius 2 is 1.68 bits per heavy atom. The lowest BCUT2D eigenvalue weighted by molar-refractivity contribution is 0.414. The lowest BCUT2D eigenvalue weighted by atomic mass is 10.2. The van der Waals surface area contributed by atoms with Crippen LogP contribution in [0.25, 0.3) is 22.3 Å². The molecule has 0 unspecified atom stereocenters. The summed E-state index contributed by atoms with van der Waals surface area (Å²) in [6, 6.07) is 22.9. The Bertz CT molecular complexity index is 1140. The molecule has 0 fully saturated rings. The molecule has 0 saturated heterocycles. The fraction of sp³-hybridized carbons (Fsp3) is 0.0455. The average Bonchev–Trinajstić information content (AvgIpc) is 2.74. The van der Waals surface area contributed by atoms with Crippen LogP contribution in [-0.4, -0.2) is 23.3 Å². The second-order valence-corrected chi connectivity index (χ2v) is 6.47. The molecule has 4 aromatic rings. The Labute approximate surface area is 167 Å². The fourth-order valence-electron chi connectivity index (χ4n) is 2.83. The average molecular weight is 389 g/mol. The summed E-state index contributed by atoms with van der Waals surface area (Å²) in [5, 5.41) is 5.91. The van der Waals surface area contributed by atoms with E-state index in [4.69, 9.17) is 16.3 Å². The van der Waals surface area contributed by atoms with Gasteiger partial charge in [0.15, 0.2) is 11.6 Å². The van der Waals surface area contributed by atoms with Crippen LogP contribution < -0.4 is 10.2 Å². The van der Waals surface area contributed by atoms with Gasteiger partial charge in [-0.05, 0) is 48.5 Å². The van der Waals surface area contributed by atoms with E-state index in [1.807, 2.05) is 72.8 Å². The van der Waals surface area contributed by atoms with Gasteiger partial charge in [-0.3, -0.25) is 5.43 Å². The summed E-state index contributed by atoms with van der Waals surface area (Å²) >= 11 is 5.99. The summed E-state index contributed by atoms with van der Waals surface area (Å²) in [5.41, 5.74) is 5.63. The monoisotopic (exact) mass is 388 g/mol. The second kappa shape index (κ2) is 8.06. The van der Waals surface area contributed by atoms with Gasteiger partial charge in [-0.1, -0.05) is 35.9 Å². The first-order valence-electron chi connectivity index (χ1n) is 8.69. The van der Waals surface area contributed by atoms with Gasteiger partial charge in [0.2, 0.25) is 0 Å². The normalized spacial score (nSPS) is 11.1. The number of para-hydroxylation sites is 2. The van der Waals surface area contributed by atoms with Gasteiger partial charge in [0.1, 0.15) is 5.75 Å². The van der Waals surface area contributed by atoms with Gasteiger partial charge in [-0.25, -0.2) is 9.97 Å². The smallest absolute Gasteiger partial charge is 0.162 e. The van der Waals surface area contributed by atoms with Crippen LogP contribution in [-0.2, 0) is 0 Å². The van der Waals surface area contributed by atoms with E-state index in [9.17, 15) is 0 Å². The first-order valence-corrected chi connectivity index (χ1v) is 9.07. The maximum atomic E-state index is 5.99. The molecule has 0 atom stereocenters. The van der Waals surface area contributed by atoms with Crippen molar-refractivity contribution in [2.45, 2.75) is 0 Å². The Kier molecular flexibility index (Phi) is 5.17. The molecule has 28 heavy (non-hydrogen) atoms. The Morgan fingerprint density at radius 1 is 0.929 bits per heavy atom. The van der Waals surface area contributed by atoms with Crippen LogP contribution in [0.4, 0.5) is 5.82 Å². The van der Waals surface area contributed by atoms with Crippen molar-refractivity contribution in [1.82, 2.24) is 9.97 Å². The van der Waals surface area contributed by atoms with Gasteiger partial charge in [0, 0.05) is 21.5 Å². The molecule has 0 saturated carbocycles. The quantitative estimate of drug-likeness (QED) is 0.367. The van der Waals surface area contributed by atoms with E-state index in [0.717, 1.165) is 27.8 Å². The first-order chi connectivity index (χ1) is 13.7. The van der Waals surface area contributed by atoms with Crippen LogP contribution in [0.2, 0.25) is 5.02 Å². The number of fused-ring (bicyclic) bond motifs is 1. The highest BCUT2D eigenvalue weighted by Gasteiger charge is 2.09. The summed E-state index contributed by atoms with van der Waals surface area (Å²) in [6.07, 6.45) is 1.71. The predicted molar refractivity (Wildman–Crippen MR) is 114 cm³/mol. The minimum Gasteiger partial charge on any atom is -0.496 e. The zero-order chi connectivity index (χ0) is 19.3. The SMILES string of the molecule is COc1ccccc1/C=N/Nc1nc(-c2ccc(Cl)cc2)nc2ccccc12. The molecule has 0 aliphatic heterocycles. The number of halogens is 1. The molecule has 1 N–H and O–H groups in total. The van der Waals surface area contributed by atoms with E-state index >= 15 is 0 Å². The van der Waals surface area contributed by atoms with Crippen molar-refractivity contribution in [2.24, 2.45) is 5.10 Å². The number of aromatic nitrogens is 2. The molecule has 0 spiro atoms. The van der Waals surface area contributed by atoms with E-state index < -0.39 is 0 Å². The number of nitrogens with one attached hydrogen (secondary N) is 1. The molecule has 0 amide bonds. The third-order valence-corrected chi connectivity index (χ3v) is 4.47. The third-order valence-electron chi connectivity index (χ3n) is 4.22. The van der Waals surface area contributed by atoms with Crippen molar-refractivity contribution < 1.29 is 4.74 Å². The van der Waals surface area contributed by atoms with Crippen molar-refractivity contribution >= 4 is 34.5 Å². The van der Waals surface area contributed by atoms with Crippen molar-refractivity contribution in [3.8, 4) is 17.1 Å². The minimum absolute atomic E-state index is 0.602. The minimum atomic E-state index is 0.602. The van der Waals surface area contributed by atoms with E-state index in [0.29, 0.717) is 16.7 Å². The van der Waals surface area contributed by atoms with Gasteiger partial charge < -0.3 is 4.74 Å². The van der Waals surface area contributed by atoms with Gasteiger partial charge in [0.05, 0.1) is 18.8 Å². The molecule has 0 aliphatic rings. The maximum absolute atomic E-state index is 5.99. The molecule has 4 rings (SSSR count). The van der Waals surface area contributed by atoms with Crippen LogP contribution in [0.5, 0.6) is 5.75 Å². The van der Waals surface area contributed by atoms with Gasteiger partial charge in [-0.15, -0.1) is 0 Å². The molecule has 5 nitrogen and oxygen atoms in total. The summed E-state index contributed by atoms with van der Waals surface area (Å²) in [5.74, 6) is 1.98. The second-order valence-electron chi connectivity index (χ2n) is 6.03. The number of ether oxygens (including phenoxy) is 1. The van der Waals surface area contributed by atoms with E-state index in [1.54, 1.807) is 13.3 Å². The number of nitrogens with zero attached hydrogens (tertiary/aromatic N) is 3. The topological polar surface area (TPSA) is 59.4 Å². The largest absolute Gasteiger partial charge is 0.496 e. The molecular formula is C22H17ClN4O. The summed E-state index contributed by atoms with van der Waals surface area (Å²) < 4.78 is 5.35. The third kappa shape index (κ3) is 3.80. The zero-order valence-corrected chi connectivity index (χ0v) is 15.9. The molecule has 0 aliphatic carbocycles. The van der Waals surface area contributed by atoms with Gasteiger partial charge in [-0.2, -0.15) is 5.10 Å². The van der Waals surface area contributed by atoms with Crippen molar-refractivity contribution in [3.63, 3.8) is 0 Å². The van der Waals surface area contributed by atoms with Crippen LogP contribution >= 0.6 is 11.6 Å². The number of methoxy groups -OCH3 is 1. The zero-order valence-electron chi connectivity index (χ0n) is 15.1. The molecule has 1 aromatic heterocycles. The maximum Gasteiger partial charge on any atom is 0.162 e. The lowest BCUT2D eigenvalue weighted by Crippen LogP contribution is -1.99. The molecule has 1 heterocycles. The summed E-state index contributed by atoms with van der Waals surface area (Å²) in [4.78, 5) is 9.33. The number of benzene rings is 3. The Balaban J connectivity index is 1.71. The predicted octanol–water partition coefficient (Wildman–Crippen LogP) is 5.40. The van der Waals surface area contributed by atoms with Crippen molar-refractivity contribution in [1.29, 1.82) is 0 Å². The fourth-order valence-corrected chi connectivity index (χ4v) is 2.95. The first kappa shape index (κ1) is 17.9. The number of hydrazone groups is 1. The van der Waals surface area contributed by atoms with Crippen LogP contribution in [0.15, 0.2) is 77.9 Å². The Hall–Kier alpha value is -3.44. The highest BCUT2D eigenvalue weighted by molar-refractivity contribution is 6.30. The molecule has 0 radical (unpaired) electrons. The van der Waals surface area contributed by atoms with E-state index in [1.165, 1.54) is 0 Å². The van der Waals surface area contributed by atoms with Crippen molar-refractivity contribution in [3.05, 3.63) is 83.4 Å². The molecule has 6 heteroatoms. The number of hydrogen-bond acceptors (Lipinski definition) is 5. The van der Waals surface area contributed by atoms with Crippen LogP contribution in [0.3, 0.4) is 0 Å². The number of anilines is 1. The van der Waals surface area contributed by atoms with Crippen LogP contribution in [0, 0.1) is 0 Å². The number of rotatable bonds is 5. The highest BCUT2D eigenvalue weighted by atomic mass is 35.5. The number of hydrogen-bond donors (Lipinski definition) is 1. The molecule has 0 bridgehead atoms. The molecule has 138 valence electrons. The standard InChI is InChI=1S/C22H17ClN4O/c1-28-20-9-5-2-6-16(20)14-24-27-22-18-7-3-4-8-19(18)25-21(26-22)15-10-12-17(23)13-11-15/h2-14H,1H3,(H,25,26,27)/b24-14+. The lowest BCUT2D eigenvalue weighted by Gasteiger charge is -2.08. The van der Waals surface area contributed by atoms with Crippen LogP contribution in [0.1, 0.15) is 5.56 Å². The van der Waals surface area contributed by atoms with Crippen molar-refractivity contribution in [2.75, 3.05) is 12.5 Å². The molecular weight excluding hydrogens is 372 g/mol.